The summed E-state index contributed by atoms with van der Waals surface area (Å²) < 4.78 is 19.1. The first-order valence-corrected chi connectivity index (χ1v) is 9.71. The van der Waals surface area contributed by atoms with Gasteiger partial charge in [-0.15, -0.1) is 10.3 Å². The molecule has 1 aliphatic heterocycles. The molecule has 0 unspecified atom stereocenters. The van der Waals surface area contributed by atoms with Crippen molar-refractivity contribution in [1.82, 2.24) is 15.2 Å². The van der Waals surface area contributed by atoms with Gasteiger partial charge in [0.05, 0.1) is 6.10 Å². The Morgan fingerprint density at radius 2 is 1.36 bits per heavy atom. The Kier molecular flexibility index (Phi) is 6.27. The number of nitrogens with zero attached hydrogens (tertiary/aromatic N) is 1. The second kappa shape index (κ2) is 6.88. The molecule has 0 aromatic heterocycles. The average Bonchev–Trinajstić information content (AvgIpc) is 2.21. The van der Waals surface area contributed by atoms with Gasteiger partial charge in [0.15, 0.2) is 0 Å². The third-order valence-electron chi connectivity index (χ3n) is 3.71. The van der Waals surface area contributed by atoms with Crippen molar-refractivity contribution < 1.29 is 14.3 Å². The van der Waals surface area contributed by atoms with Gasteiger partial charge in [-0.1, -0.05) is 0 Å². The summed E-state index contributed by atoms with van der Waals surface area (Å²) in [6.07, 6.45) is 0.894. The zero-order valence-corrected chi connectivity index (χ0v) is 16.2. The van der Waals surface area contributed by atoms with Crippen LogP contribution in [-0.2, 0) is 14.3 Å². The van der Waals surface area contributed by atoms with E-state index >= 15 is 0 Å². The van der Waals surface area contributed by atoms with Crippen LogP contribution in [0.4, 0.5) is 0 Å². The van der Waals surface area contributed by atoms with E-state index in [0.29, 0.717) is 12.8 Å². The molecule has 6 nitrogen and oxygen atoms in total. The van der Waals surface area contributed by atoms with Crippen LogP contribution in [0.15, 0.2) is 0 Å². The highest BCUT2D eigenvalue weighted by molar-refractivity contribution is 7.54. The maximum absolute atomic E-state index is 13.1. The standard InChI is InChI=1S/C15H33N3O3P/c1-11(2)16-22(20,17-12(3)4)21-13-9-14(5,6)18(19)15(7,8)10-13/h11-13H,9-10H2,1-8H3,(H2,16,17,20). The fourth-order valence-corrected chi connectivity index (χ4v) is 5.36. The molecule has 1 rings (SSSR count). The summed E-state index contributed by atoms with van der Waals surface area (Å²) in [7, 11) is -3.15. The minimum absolute atomic E-state index is 0.0395. The van der Waals surface area contributed by atoms with E-state index < -0.39 is 18.7 Å². The van der Waals surface area contributed by atoms with Gasteiger partial charge in [-0.05, 0) is 68.2 Å². The summed E-state index contributed by atoms with van der Waals surface area (Å²) in [6, 6.07) is 0.0791. The maximum Gasteiger partial charge on any atom is 0.341 e. The molecule has 0 aliphatic carbocycles. The van der Waals surface area contributed by atoms with Crippen LogP contribution in [0.3, 0.4) is 0 Å². The van der Waals surface area contributed by atoms with Crippen molar-refractivity contribution >= 4 is 7.67 Å². The van der Waals surface area contributed by atoms with Crippen LogP contribution in [0, 0.1) is 0 Å². The highest BCUT2D eigenvalue weighted by atomic mass is 31.2. The first-order chi connectivity index (χ1) is 9.77. The van der Waals surface area contributed by atoms with Crippen LogP contribution in [0.25, 0.3) is 0 Å². The van der Waals surface area contributed by atoms with E-state index in [1.54, 1.807) is 0 Å². The molecule has 0 atom stereocenters. The fraction of sp³-hybridized carbons (Fsp3) is 1.00. The highest BCUT2D eigenvalue weighted by Gasteiger charge is 2.48. The second-order valence-corrected chi connectivity index (χ2v) is 10.0. The van der Waals surface area contributed by atoms with Gasteiger partial charge in [0, 0.05) is 23.2 Å². The predicted octanol–water partition coefficient (Wildman–Crippen LogP) is 3.47. The largest absolute Gasteiger partial charge is 0.341 e. The number of hydroxylamine groups is 2. The summed E-state index contributed by atoms with van der Waals surface area (Å²) in [5, 5.41) is 19.6. The Balaban J connectivity index is 2.92. The Bertz CT molecular complexity index is 392. The second-order valence-electron chi connectivity index (χ2n) is 8.17. The molecule has 131 valence electrons. The molecule has 0 aromatic carbocycles. The molecular weight excluding hydrogens is 301 g/mol. The Morgan fingerprint density at radius 1 is 1.00 bits per heavy atom. The van der Waals surface area contributed by atoms with Crippen LogP contribution in [0.5, 0.6) is 0 Å². The van der Waals surface area contributed by atoms with Gasteiger partial charge in [-0.2, -0.15) is 0 Å². The first-order valence-electron chi connectivity index (χ1n) is 8.09. The molecule has 2 N–H and O–H groups in total. The zero-order valence-electron chi connectivity index (χ0n) is 15.3. The smallest absolute Gasteiger partial charge is 0.303 e. The van der Waals surface area contributed by atoms with Crippen LogP contribution in [0.2, 0.25) is 0 Å². The number of nitrogens with one attached hydrogen (secondary N) is 2. The molecule has 1 heterocycles. The molecule has 0 amide bonds. The van der Waals surface area contributed by atoms with Crippen molar-refractivity contribution in [1.29, 1.82) is 0 Å². The van der Waals surface area contributed by atoms with E-state index in [-0.39, 0.29) is 18.2 Å². The molecule has 0 bridgehead atoms. The zero-order chi connectivity index (χ0) is 17.3. The molecule has 7 heteroatoms. The Labute approximate surface area is 135 Å². The van der Waals surface area contributed by atoms with Gasteiger partial charge >= 0.3 is 7.67 Å². The molecule has 0 aromatic rings. The summed E-state index contributed by atoms with van der Waals surface area (Å²) in [4.78, 5) is 0. The van der Waals surface area contributed by atoms with Gasteiger partial charge in [0.2, 0.25) is 0 Å². The van der Waals surface area contributed by atoms with E-state index in [9.17, 15) is 9.77 Å². The van der Waals surface area contributed by atoms with Gasteiger partial charge in [-0.3, -0.25) is 4.57 Å². The number of piperidine rings is 1. The van der Waals surface area contributed by atoms with E-state index in [2.05, 4.69) is 10.2 Å². The van der Waals surface area contributed by atoms with Crippen molar-refractivity contribution in [3.8, 4) is 0 Å². The topological polar surface area (TPSA) is 73.5 Å². The van der Waals surface area contributed by atoms with Crippen molar-refractivity contribution in [2.45, 2.75) is 97.5 Å². The number of hydrogen-bond acceptors (Lipinski definition) is 3. The Morgan fingerprint density at radius 3 is 1.68 bits per heavy atom. The van der Waals surface area contributed by atoms with Crippen molar-refractivity contribution in [2.75, 3.05) is 0 Å². The quantitative estimate of drug-likeness (QED) is 0.728. The predicted molar refractivity (Wildman–Crippen MR) is 88.9 cm³/mol. The van der Waals surface area contributed by atoms with Gasteiger partial charge < -0.3 is 4.52 Å². The number of rotatable bonds is 6. The first kappa shape index (κ1) is 20.1. The van der Waals surface area contributed by atoms with Crippen molar-refractivity contribution in [3.05, 3.63) is 0 Å². The average molecular weight is 334 g/mol. The molecule has 22 heavy (non-hydrogen) atoms. The normalized spacial score (nSPS) is 23.4. The molecule has 0 saturated carbocycles. The van der Waals surface area contributed by atoms with Crippen molar-refractivity contribution in [3.63, 3.8) is 0 Å². The van der Waals surface area contributed by atoms with Crippen molar-refractivity contribution in [2.24, 2.45) is 0 Å². The SMILES string of the molecule is CC(C)NP(=O)(NC(C)C)OC1CC(C)(C)N([O])C(C)(C)C1. The lowest BCUT2D eigenvalue weighted by Gasteiger charge is -2.50. The molecule has 1 radical (unpaired) electrons. The minimum Gasteiger partial charge on any atom is -0.303 e. The summed E-state index contributed by atoms with van der Waals surface area (Å²) >= 11 is 0. The number of hydrogen-bond donors (Lipinski definition) is 2. The molecule has 1 saturated heterocycles. The van der Waals surface area contributed by atoms with Gasteiger partial charge in [0.25, 0.3) is 0 Å². The molecule has 1 fully saturated rings. The van der Waals surface area contributed by atoms with Crippen LogP contribution in [-0.4, -0.2) is 34.3 Å². The van der Waals surface area contributed by atoms with E-state index in [1.807, 2.05) is 55.4 Å². The lowest BCUT2D eigenvalue weighted by molar-refractivity contribution is -0.296. The van der Waals surface area contributed by atoms with E-state index in [4.69, 9.17) is 4.52 Å². The van der Waals surface area contributed by atoms with E-state index in [0.717, 1.165) is 5.06 Å². The molecule has 1 aliphatic rings. The fourth-order valence-electron chi connectivity index (χ4n) is 3.23. The highest BCUT2D eigenvalue weighted by Crippen LogP contribution is 2.47. The molecular formula is C15H33N3O3P. The molecule has 0 spiro atoms. The lowest BCUT2D eigenvalue weighted by Crippen LogP contribution is -2.60. The van der Waals surface area contributed by atoms with Crippen LogP contribution >= 0.6 is 7.67 Å². The summed E-state index contributed by atoms with van der Waals surface area (Å²) in [5.41, 5.74) is -1.07. The summed E-state index contributed by atoms with van der Waals surface area (Å²) in [6.45, 7) is 15.4. The lowest BCUT2D eigenvalue weighted by atomic mass is 9.80. The summed E-state index contributed by atoms with van der Waals surface area (Å²) in [5.74, 6) is 0. The monoisotopic (exact) mass is 334 g/mol. The van der Waals surface area contributed by atoms with Gasteiger partial charge in [0.1, 0.15) is 0 Å². The van der Waals surface area contributed by atoms with Crippen LogP contribution < -0.4 is 10.2 Å². The third-order valence-corrected chi connectivity index (χ3v) is 6.02. The third kappa shape index (κ3) is 5.29. The van der Waals surface area contributed by atoms with Crippen LogP contribution in [0.1, 0.15) is 68.2 Å². The van der Waals surface area contributed by atoms with Gasteiger partial charge in [-0.25, -0.2) is 10.2 Å². The maximum atomic E-state index is 13.1. The van der Waals surface area contributed by atoms with E-state index in [1.165, 1.54) is 0 Å². The Hall–Kier alpha value is 0.0300. The minimum atomic E-state index is -3.15.